The highest BCUT2D eigenvalue weighted by molar-refractivity contribution is 5.94. The van der Waals surface area contributed by atoms with Crippen LogP contribution in [0.25, 0.3) is 11.5 Å². The average Bonchev–Trinajstić information content (AvgIpc) is 3.20. The predicted octanol–water partition coefficient (Wildman–Crippen LogP) is 4.90. The summed E-state index contributed by atoms with van der Waals surface area (Å²) in [6.07, 6.45) is 0.954. The van der Waals surface area contributed by atoms with Gasteiger partial charge in [0, 0.05) is 12.0 Å². The molecule has 7 nitrogen and oxygen atoms in total. The van der Waals surface area contributed by atoms with E-state index in [1.165, 1.54) is 0 Å². The van der Waals surface area contributed by atoms with Crippen LogP contribution < -0.4 is 4.74 Å². The highest BCUT2D eigenvalue weighted by atomic mass is 16.6. The van der Waals surface area contributed by atoms with Gasteiger partial charge in [0.05, 0.1) is 18.9 Å². The topological polar surface area (TPSA) is 87.9 Å². The largest absolute Gasteiger partial charge is 0.493 e. The highest BCUT2D eigenvalue weighted by Gasteiger charge is 2.27. The predicted molar refractivity (Wildman–Crippen MR) is 123 cm³/mol. The molecule has 0 saturated carbocycles. The summed E-state index contributed by atoms with van der Waals surface area (Å²) in [4.78, 5) is 28.6. The second-order valence-corrected chi connectivity index (χ2v) is 7.45. The molecular weight excluding hydrogens is 422 g/mol. The van der Waals surface area contributed by atoms with Crippen molar-refractivity contribution in [2.75, 3.05) is 13.2 Å². The van der Waals surface area contributed by atoms with E-state index in [-0.39, 0.29) is 13.2 Å². The smallest absolute Gasteiger partial charge is 0.320 e. The van der Waals surface area contributed by atoms with Crippen LogP contribution in [0.2, 0.25) is 0 Å². The van der Waals surface area contributed by atoms with Crippen molar-refractivity contribution in [3.8, 4) is 17.2 Å². The molecule has 174 valence electrons. The molecule has 0 bridgehead atoms. The van der Waals surface area contributed by atoms with Crippen LogP contribution in [-0.4, -0.2) is 30.1 Å². The van der Waals surface area contributed by atoms with E-state index in [0.717, 1.165) is 22.6 Å². The number of nitrogens with zero attached hydrogens (tertiary/aromatic N) is 1. The normalized spacial score (nSPS) is 11.6. The number of ether oxygens (including phenoxy) is 3. The summed E-state index contributed by atoms with van der Waals surface area (Å²) in [6, 6.07) is 17.1. The quantitative estimate of drug-likeness (QED) is 0.302. The third kappa shape index (κ3) is 6.68. The molecule has 0 fully saturated rings. The molecule has 2 aromatic carbocycles. The first-order valence-electron chi connectivity index (χ1n) is 11.1. The molecule has 0 N–H and O–H groups in total. The number of benzene rings is 2. The Kier molecular flexibility index (Phi) is 8.63. The molecule has 1 aromatic heterocycles. The molecule has 0 amide bonds. The lowest BCUT2D eigenvalue weighted by molar-refractivity contribution is -0.162. The molecule has 7 heteroatoms. The van der Waals surface area contributed by atoms with E-state index in [1.807, 2.05) is 61.5 Å². The lowest BCUT2D eigenvalue weighted by Crippen LogP contribution is -2.27. The number of rotatable bonds is 11. The number of aryl methyl sites for hydroxylation is 1. The number of esters is 2. The van der Waals surface area contributed by atoms with E-state index >= 15 is 0 Å². The summed E-state index contributed by atoms with van der Waals surface area (Å²) in [5.41, 5.74) is 2.61. The Morgan fingerprint density at radius 2 is 1.67 bits per heavy atom. The number of aromatic nitrogens is 1. The van der Waals surface area contributed by atoms with E-state index in [9.17, 15) is 9.59 Å². The SMILES string of the molecule is CCOC(=O)C(CC)C(=O)OCc1ccc(OCCc2nc(-c3ccccc3)oc2C)cc1. The Bertz CT molecular complexity index is 1040. The van der Waals surface area contributed by atoms with Crippen LogP contribution >= 0.6 is 0 Å². The van der Waals surface area contributed by atoms with Crippen LogP contribution in [-0.2, 0) is 32.1 Å². The molecule has 0 aliphatic carbocycles. The molecule has 0 saturated heterocycles. The molecule has 1 atom stereocenters. The molecule has 1 unspecified atom stereocenters. The fourth-order valence-corrected chi connectivity index (χ4v) is 3.24. The minimum Gasteiger partial charge on any atom is -0.493 e. The lowest BCUT2D eigenvalue weighted by atomic mass is 10.1. The first-order valence-corrected chi connectivity index (χ1v) is 11.1. The molecule has 3 rings (SSSR count). The molecule has 0 aliphatic rings. The highest BCUT2D eigenvalue weighted by Crippen LogP contribution is 2.22. The summed E-state index contributed by atoms with van der Waals surface area (Å²) in [6.45, 7) is 6.11. The van der Waals surface area contributed by atoms with E-state index in [1.54, 1.807) is 13.8 Å². The molecule has 33 heavy (non-hydrogen) atoms. The van der Waals surface area contributed by atoms with Crippen molar-refractivity contribution in [1.29, 1.82) is 0 Å². The number of hydrogen-bond acceptors (Lipinski definition) is 7. The summed E-state index contributed by atoms with van der Waals surface area (Å²) >= 11 is 0. The standard InChI is InChI=1S/C26H29NO6/c1-4-22(25(28)30-5-2)26(29)32-17-19-11-13-21(14-12-19)31-16-15-23-18(3)33-24(27-23)20-9-7-6-8-10-20/h6-14,22H,4-5,15-17H2,1-3H3. The Balaban J connectivity index is 1.47. The van der Waals surface area contributed by atoms with Crippen molar-refractivity contribution >= 4 is 11.9 Å². The third-order valence-electron chi connectivity index (χ3n) is 5.09. The van der Waals surface area contributed by atoms with Crippen LogP contribution in [0, 0.1) is 12.8 Å². The number of oxazole rings is 1. The van der Waals surface area contributed by atoms with E-state index in [2.05, 4.69) is 4.98 Å². The van der Waals surface area contributed by atoms with E-state index in [0.29, 0.717) is 31.1 Å². The second kappa shape index (κ2) is 11.9. The van der Waals surface area contributed by atoms with Crippen LogP contribution in [0.1, 0.15) is 37.3 Å². The lowest BCUT2D eigenvalue weighted by Gasteiger charge is -2.13. The molecular formula is C26H29NO6. The monoisotopic (exact) mass is 451 g/mol. The van der Waals surface area contributed by atoms with Gasteiger partial charge < -0.3 is 18.6 Å². The van der Waals surface area contributed by atoms with Gasteiger partial charge in [-0.15, -0.1) is 0 Å². The molecule has 1 heterocycles. The summed E-state index contributed by atoms with van der Waals surface area (Å²) in [7, 11) is 0. The van der Waals surface area contributed by atoms with Gasteiger partial charge >= 0.3 is 11.9 Å². The fourth-order valence-electron chi connectivity index (χ4n) is 3.24. The maximum absolute atomic E-state index is 12.2. The first kappa shape index (κ1) is 24.0. The second-order valence-electron chi connectivity index (χ2n) is 7.45. The van der Waals surface area contributed by atoms with Gasteiger partial charge in [0.2, 0.25) is 5.89 Å². The average molecular weight is 452 g/mol. The molecule has 0 radical (unpaired) electrons. The Morgan fingerprint density at radius 1 is 0.970 bits per heavy atom. The van der Waals surface area contributed by atoms with Gasteiger partial charge in [0.25, 0.3) is 0 Å². The van der Waals surface area contributed by atoms with Gasteiger partial charge in [-0.3, -0.25) is 9.59 Å². The van der Waals surface area contributed by atoms with E-state index < -0.39 is 17.9 Å². The van der Waals surface area contributed by atoms with Gasteiger partial charge in [0.15, 0.2) is 5.92 Å². The fraction of sp³-hybridized carbons (Fsp3) is 0.346. The number of carbonyl (C=O) groups excluding carboxylic acids is 2. The Labute approximate surface area is 193 Å². The molecule has 0 aliphatic heterocycles. The van der Waals surface area contributed by atoms with Crippen molar-refractivity contribution in [1.82, 2.24) is 4.98 Å². The van der Waals surface area contributed by atoms with Crippen LogP contribution in [0.15, 0.2) is 59.0 Å². The summed E-state index contributed by atoms with van der Waals surface area (Å²) in [5, 5.41) is 0. The minimum atomic E-state index is -0.894. The first-order chi connectivity index (χ1) is 16.0. The van der Waals surface area contributed by atoms with Crippen LogP contribution in [0.3, 0.4) is 0 Å². The van der Waals surface area contributed by atoms with Gasteiger partial charge in [-0.2, -0.15) is 0 Å². The zero-order valence-electron chi connectivity index (χ0n) is 19.2. The maximum atomic E-state index is 12.2. The van der Waals surface area contributed by atoms with Crippen molar-refractivity contribution in [3.05, 3.63) is 71.6 Å². The maximum Gasteiger partial charge on any atom is 0.320 e. The van der Waals surface area contributed by atoms with Gasteiger partial charge in [-0.1, -0.05) is 37.3 Å². The third-order valence-corrected chi connectivity index (χ3v) is 5.09. The van der Waals surface area contributed by atoms with Crippen LogP contribution in [0.5, 0.6) is 5.75 Å². The number of hydrogen-bond donors (Lipinski definition) is 0. The Morgan fingerprint density at radius 3 is 2.33 bits per heavy atom. The zero-order valence-corrected chi connectivity index (χ0v) is 19.2. The van der Waals surface area contributed by atoms with Crippen molar-refractivity contribution in [3.63, 3.8) is 0 Å². The van der Waals surface area contributed by atoms with Crippen LogP contribution in [0.4, 0.5) is 0 Å². The van der Waals surface area contributed by atoms with Crippen molar-refractivity contribution < 1.29 is 28.2 Å². The minimum absolute atomic E-state index is 0.0788. The van der Waals surface area contributed by atoms with Crippen molar-refractivity contribution in [2.45, 2.75) is 40.2 Å². The summed E-state index contributed by atoms with van der Waals surface area (Å²) in [5.74, 6) is 0.0709. The molecule has 3 aromatic rings. The van der Waals surface area contributed by atoms with Gasteiger partial charge in [-0.05, 0) is 50.1 Å². The number of carbonyl (C=O) groups is 2. The summed E-state index contributed by atoms with van der Waals surface area (Å²) < 4.78 is 21.8. The van der Waals surface area contributed by atoms with Gasteiger partial charge in [0.1, 0.15) is 18.1 Å². The van der Waals surface area contributed by atoms with Gasteiger partial charge in [-0.25, -0.2) is 4.98 Å². The van der Waals surface area contributed by atoms with E-state index in [4.69, 9.17) is 18.6 Å². The zero-order chi connectivity index (χ0) is 23.6. The van der Waals surface area contributed by atoms with Crippen molar-refractivity contribution in [2.24, 2.45) is 5.92 Å². The Hall–Kier alpha value is -3.61. The molecule has 0 spiro atoms.